The van der Waals surface area contributed by atoms with E-state index < -0.39 is 11.8 Å². The van der Waals surface area contributed by atoms with Crippen LogP contribution in [0.25, 0.3) is 11.3 Å². The van der Waals surface area contributed by atoms with Crippen LogP contribution in [-0.4, -0.2) is 16.2 Å². The Balaban J connectivity index is 2.63. The molecule has 0 spiro atoms. The molecule has 7 heteroatoms. The van der Waals surface area contributed by atoms with Gasteiger partial charge >= 0.3 is 5.97 Å². The second-order valence-corrected chi connectivity index (χ2v) is 4.76. The molecule has 1 aromatic carbocycles. The van der Waals surface area contributed by atoms with Crippen LogP contribution in [-0.2, 0) is 0 Å². The molecule has 18 heavy (non-hydrogen) atoms. The van der Waals surface area contributed by atoms with Crippen LogP contribution in [0.15, 0.2) is 21.1 Å². The third-order valence-corrected chi connectivity index (χ3v) is 3.38. The number of aromatic carboxylic acids is 1. The fraction of sp³-hybridized carbons (Fsp3) is 0.0909. The number of hydrogen-bond acceptors (Lipinski definition) is 3. The molecule has 0 aliphatic rings. The first-order chi connectivity index (χ1) is 8.41. The van der Waals surface area contributed by atoms with Gasteiger partial charge in [-0.05, 0) is 40.5 Å². The molecule has 0 saturated heterocycles. The second kappa shape index (κ2) is 4.70. The molecule has 0 aliphatic carbocycles. The Morgan fingerprint density at radius 2 is 2.22 bits per heavy atom. The number of carboxylic acid groups (broad SMARTS) is 1. The summed E-state index contributed by atoms with van der Waals surface area (Å²) in [6.07, 6.45) is 0. The summed E-state index contributed by atoms with van der Waals surface area (Å²) in [5, 5.41) is 12.5. The van der Waals surface area contributed by atoms with E-state index in [1.807, 2.05) is 0 Å². The van der Waals surface area contributed by atoms with Gasteiger partial charge in [0.2, 0.25) is 5.69 Å². The summed E-state index contributed by atoms with van der Waals surface area (Å²) in [5.41, 5.74) is 0.339. The monoisotopic (exact) mass is 333 g/mol. The first kappa shape index (κ1) is 13.0. The molecule has 0 radical (unpaired) electrons. The van der Waals surface area contributed by atoms with Crippen molar-refractivity contribution in [2.45, 2.75) is 6.92 Å². The highest BCUT2D eigenvalue weighted by atomic mass is 79.9. The van der Waals surface area contributed by atoms with Crippen LogP contribution in [0, 0.1) is 12.7 Å². The number of aromatic nitrogens is 1. The maximum atomic E-state index is 13.5. The molecule has 0 fully saturated rings. The number of carbonyl (C=O) groups is 1. The fourth-order valence-electron chi connectivity index (χ4n) is 1.40. The summed E-state index contributed by atoms with van der Waals surface area (Å²) < 4.78 is 18.5. The van der Waals surface area contributed by atoms with Crippen molar-refractivity contribution < 1.29 is 18.8 Å². The third-order valence-electron chi connectivity index (χ3n) is 2.33. The molecule has 4 nitrogen and oxygen atoms in total. The highest BCUT2D eigenvalue weighted by Gasteiger charge is 2.22. The molecule has 1 N–H and O–H groups in total. The number of benzene rings is 1. The standard InChI is InChI=1S/C11H6BrClFNO3/c1-4-2-6(13)5(3-7(4)14)10-8(12)9(11(16)17)15-18-10/h2-3H,1H3,(H,16,17). The summed E-state index contributed by atoms with van der Waals surface area (Å²) in [6, 6.07) is 2.61. The average Bonchev–Trinajstić information content (AvgIpc) is 2.66. The van der Waals surface area contributed by atoms with Crippen molar-refractivity contribution in [1.82, 2.24) is 5.16 Å². The average molecular weight is 335 g/mol. The Morgan fingerprint density at radius 3 is 2.78 bits per heavy atom. The van der Waals surface area contributed by atoms with E-state index in [4.69, 9.17) is 21.2 Å². The van der Waals surface area contributed by atoms with Crippen LogP contribution in [0.1, 0.15) is 16.1 Å². The molecule has 0 amide bonds. The van der Waals surface area contributed by atoms with E-state index in [1.54, 1.807) is 6.92 Å². The van der Waals surface area contributed by atoms with Crippen molar-refractivity contribution in [3.05, 3.63) is 38.7 Å². The highest BCUT2D eigenvalue weighted by molar-refractivity contribution is 9.10. The Bertz CT molecular complexity index is 641. The number of halogens is 3. The highest BCUT2D eigenvalue weighted by Crippen LogP contribution is 2.36. The van der Waals surface area contributed by atoms with Crippen molar-refractivity contribution in [3.8, 4) is 11.3 Å². The topological polar surface area (TPSA) is 63.3 Å². The van der Waals surface area contributed by atoms with Gasteiger partial charge in [-0.25, -0.2) is 9.18 Å². The van der Waals surface area contributed by atoms with Gasteiger partial charge in [0.15, 0.2) is 5.76 Å². The molecule has 94 valence electrons. The zero-order valence-electron chi connectivity index (χ0n) is 9.00. The van der Waals surface area contributed by atoms with Crippen molar-refractivity contribution in [2.24, 2.45) is 0 Å². The smallest absolute Gasteiger partial charge is 0.359 e. The van der Waals surface area contributed by atoms with Crippen LogP contribution >= 0.6 is 27.5 Å². The van der Waals surface area contributed by atoms with E-state index in [1.165, 1.54) is 12.1 Å². The summed E-state index contributed by atoms with van der Waals surface area (Å²) >= 11 is 9.02. The number of hydrogen-bond donors (Lipinski definition) is 1. The molecule has 0 unspecified atom stereocenters. The lowest BCUT2D eigenvalue weighted by Gasteiger charge is -2.03. The molecule has 2 aromatic rings. The largest absolute Gasteiger partial charge is 0.476 e. The van der Waals surface area contributed by atoms with Gasteiger partial charge in [0.05, 0.1) is 5.02 Å². The molecular weight excluding hydrogens is 328 g/mol. The summed E-state index contributed by atoms with van der Waals surface area (Å²) in [4.78, 5) is 10.8. The van der Waals surface area contributed by atoms with Gasteiger partial charge in [0.25, 0.3) is 0 Å². The molecule has 0 aliphatic heterocycles. The van der Waals surface area contributed by atoms with Crippen LogP contribution in [0.4, 0.5) is 4.39 Å². The first-order valence-electron chi connectivity index (χ1n) is 4.76. The van der Waals surface area contributed by atoms with Gasteiger partial charge in [-0.2, -0.15) is 0 Å². The molecule has 0 atom stereocenters. The van der Waals surface area contributed by atoms with Crippen LogP contribution in [0.3, 0.4) is 0 Å². The minimum absolute atomic E-state index is 0.0799. The second-order valence-electron chi connectivity index (χ2n) is 3.56. The quantitative estimate of drug-likeness (QED) is 0.904. The van der Waals surface area contributed by atoms with E-state index in [0.29, 0.717) is 5.56 Å². The third kappa shape index (κ3) is 2.13. The minimum atomic E-state index is -1.25. The molecule has 0 bridgehead atoms. The maximum Gasteiger partial charge on any atom is 0.359 e. The van der Waals surface area contributed by atoms with E-state index in [2.05, 4.69) is 21.1 Å². The molecular formula is C11H6BrClFNO3. The van der Waals surface area contributed by atoms with Crippen LogP contribution < -0.4 is 0 Å². The van der Waals surface area contributed by atoms with Crippen molar-refractivity contribution in [1.29, 1.82) is 0 Å². The normalized spacial score (nSPS) is 10.7. The van der Waals surface area contributed by atoms with Gasteiger partial charge in [-0.3, -0.25) is 0 Å². The SMILES string of the molecule is Cc1cc(Cl)c(-c2onc(C(=O)O)c2Br)cc1F. The van der Waals surface area contributed by atoms with Crippen LogP contribution in [0.5, 0.6) is 0 Å². The summed E-state index contributed by atoms with van der Waals surface area (Å²) in [6.45, 7) is 1.57. The lowest BCUT2D eigenvalue weighted by Crippen LogP contribution is -1.96. The van der Waals surface area contributed by atoms with E-state index in [-0.39, 0.29) is 26.5 Å². The summed E-state index contributed by atoms with van der Waals surface area (Å²) in [5.74, 6) is -1.63. The Labute approximate surface area is 114 Å². The van der Waals surface area contributed by atoms with Crippen molar-refractivity contribution >= 4 is 33.5 Å². The van der Waals surface area contributed by atoms with Gasteiger partial charge in [0.1, 0.15) is 10.3 Å². The fourth-order valence-corrected chi connectivity index (χ4v) is 2.23. The van der Waals surface area contributed by atoms with E-state index in [9.17, 15) is 9.18 Å². The minimum Gasteiger partial charge on any atom is -0.476 e. The van der Waals surface area contributed by atoms with Crippen molar-refractivity contribution in [3.63, 3.8) is 0 Å². The number of carboxylic acids is 1. The Morgan fingerprint density at radius 1 is 1.56 bits per heavy atom. The Kier molecular flexibility index (Phi) is 3.41. The molecule has 1 heterocycles. The van der Waals surface area contributed by atoms with Gasteiger partial charge in [-0.1, -0.05) is 16.8 Å². The molecule has 2 rings (SSSR count). The van der Waals surface area contributed by atoms with Crippen LogP contribution in [0.2, 0.25) is 5.02 Å². The zero-order valence-corrected chi connectivity index (χ0v) is 11.3. The lowest BCUT2D eigenvalue weighted by molar-refractivity contribution is 0.0685. The van der Waals surface area contributed by atoms with E-state index >= 15 is 0 Å². The Hall–Kier alpha value is -1.40. The molecule has 1 aromatic heterocycles. The van der Waals surface area contributed by atoms with Gasteiger partial charge < -0.3 is 9.63 Å². The zero-order chi connectivity index (χ0) is 13.4. The molecule has 0 saturated carbocycles. The number of aryl methyl sites for hydroxylation is 1. The lowest BCUT2D eigenvalue weighted by atomic mass is 10.1. The maximum absolute atomic E-state index is 13.5. The number of nitrogens with zero attached hydrogens (tertiary/aromatic N) is 1. The van der Waals surface area contributed by atoms with Crippen molar-refractivity contribution in [2.75, 3.05) is 0 Å². The number of rotatable bonds is 2. The van der Waals surface area contributed by atoms with Gasteiger partial charge in [-0.15, -0.1) is 0 Å². The first-order valence-corrected chi connectivity index (χ1v) is 5.93. The van der Waals surface area contributed by atoms with Gasteiger partial charge in [0, 0.05) is 5.56 Å². The predicted octanol–water partition coefficient (Wildman–Crippen LogP) is 3.90. The predicted molar refractivity (Wildman–Crippen MR) is 66.3 cm³/mol. The van der Waals surface area contributed by atoms with E-state index in [0.717, 1.165) is 0 Å². The summed E-state index contributed by atoms with van der Waals surface area (Å²) in [7, 11) is 0.